The lowest BCUT2D eigenvalue weighted by molar-refractivity contribution is 0.628. The zero-order valence-electron chi connectivity index (χ0n) is 6.77. The van der Waals surface area contributed by atoms with Gasteiger partial charge in [0, 0.05) is 5.33 Å². The molecule has 0 aliphatic carbocycles. The van der Waals surface area contributed by atoms with Gasteiger partial charge in [0.1, 0.15) is 37.2 Å². The van der Waals surface area contributed by atoms with Crippen LogP contribution < -0.4 is 21.9 Å². The Labute approximate surface area is 90.4 Å². The van der Waals surface area contributed by atoms with Crippen molar-refractivity contribution in [2.24, 2.45) is 0 Å². The van der Waals surface area contributed by atoms with Gasteiger partial charge in [-0.05, 0) is 5.56 Å². The van der Waals surface area contributed by atoms with Crippen molar-refractivity contribution >= 4 is 69.2 Å². The number of benzene rings is 1. The summed E-state index contributed by atoms with van der Waals surface area (Å²) in [7, 11) is 21.8. The van der Waals surface area contributed by atoms with Gasteiger partial charge in [-0.1, -0.05) is 26.9 Å². The Kier molecular flexibility index (Phi) is 3.33. The normalized spacial score (nSPS) is 10.3. The van der Waals surface area contributed by atoms with Crippen LogP contribution in [0.3, 0.4) is 0 Å². The van der Waals surface area contributed by atoms with E-state index in [1.54, 1.807) is 0 Å². The van der Waals surface area contributed by atoms with Crippen LogP contribution in [-0.4, -0.2) is 31.4 Å². The van der Waals surface area contributed by atoms with Gasteiger partial charge in [-0.25, -0.2) is 4.39 Å². The summed E-state index contributed by atoms with van der Waals surface area (Å²) < 4.78 is 13.3. The fraction of sp³-hybridized carbons (Fsp3) is 0.143. The van der Waals surface area contributed by atoms with Crippen LogP contribution in [0.4, 0.5) is 4.39 Å². The molecule has 13 heavy (non-hydrogen) atoms. The van der Waals surface area contributed by atoms with Gasteiger partial charge in [-0.15, -0.1) is 10.9 Å². The molecule has 0 aliphatic rings. The summed E-state index contributed by atoms with van der Waals surface area (Å²) in [6.07, 6.45) is 0. The minimum absolute atomic E-state index is 0.000278. The van der Waals surface area contributed by atoms with E-state index in [0.29, 0.717) is 0 Å². The van der Waals surface area contributed by atoms with E-state index in [1.807, 2.05) is 0 Å². The molecule has 1 aromatic rings. The maximum absolute atomic E-state index is 13.3. The van der Waals surface area contributed by atoms with E-state index in [9.17, 15) is 4.39 Å². The molecule has 0 N–H and O–H groups in total. The van der Waals surface area contributed by atoms with Crippen molar-refractivity contribution in [1.82, 2.24) is 0 Å². The zero-order chi connectivity index (χ0) is 10.2. The Morgan fingerprint density at radius 1 is 0.923 bits per heavy atom. The van der Waals surface area contributed by atoms with Crippen LogP contribution in [0.2, 0.25) is 0 Å². The minimum Gasteiger partial charge on any atom is -0.207 e. The Morgan fingerprint density at radius 2 is 1.38 bits per heavy atom. The van der Waals surface area contributed by atoms with E-state index in [4.69, 9.17) is 31.4 Å². The highest BCUT2D eigenvalue weighted by Crippen LogP contribution is 2.03. The van der Waals surface area contributed by atoms with Crippen molar-refractivity contribution < 1.29 is 4.39 Å². The van der Waals surface area contributed by atoms with Crippen LogP contribution in [0.5, 0.6) is 0 Å². The standard InChI is InChI=1S/C7H2B4BrF/c8-3-2(1-12)7(13)6(11)5(10)4(3)9/h1H2. The number of rotatable bonds is 1. The Hall–Kier alpha value is -0.110. The molecule has 0 atom stereocenters. The fourth-order valence-corrected chi connectivity index (χ4v) is 1.53. The lowest BCUT2D eigenvalue weighted by atomic mass is 9.65. The SMILES string of the molecule is [B]c1c([B])c([B])c(CBr)c(F)c1[B]. The maximum atomic E-state index is 13.3. The van der Waals surface area contributed by atoms with Crippen molar-refractivity contribution in [2.75, 3.05) is 0 Å². The zero-order valence-corrected chi connectivity index (χ0v) is 8.36. The highest BCUT2D eigenvalue weighted by Gasteiger charge is 2.11. The third kappa shape index (κ3) is 1.73. The van der Waals surface area contributed by atoms with E-state index in [-0.39, 0.29) is 32.7 Å². The quantitative estimate of drug-likeness (QED) is 0.381. The summed E-state index contributed by atoms with van der Waals surface area (Å²) in [5.41, 5.74) is 0.361. The molecule has 1 aromatic carbocycles. The van der Waals surface area contributed by atoms with Crippen molar-refractivity contribution in [3.05, 3.63) is 11.4 Å². The summed E-state index contributed by atoms with van der Waals surface area (Å²) in [5.74, 6) is -0.610. The predicted octanol–water partition coefficient (Wildman–Crippen LogP) is -2.10. The van der Waals surface area contributed by atoms with E-state index in [1.165, 1.54) is 0 Å². The average molecular weight is 228 g/mol. The van der Waals surface area contributed by atoms with Crippen LogP contribution in [-0.2, 0) is 5.33 Å². The number of hydrogen-bond acceptors (Lipinski definition) is 0. The van der Waals surface area contributed by atoms with Crippen LogP contribution in [0.25, 0.3) is 0 Å². The van der Waals surface area contributed by atoms with Gasteiger partial charge in [-0.3, -0.25) is 0 Å². The molecule has 0 nitrogen and oxygen atoms in total. The van der Waals surface area contributed by atoms with Gasteiger partial charge < -0.3 is 0 Å². The second-order valence-electron chi connectivity index (χ2n) is 2.58. The third-order valence-electron chi connectivity index (χ3n) is 1.83. The molecule has 0 bridgehead atoms. The van der Waals surface area contributed by atoms with Crippen LogP contribution >= 0.6 is 15.9 Å². The second-order valence-corrected chi connectivity index (χ2v) is 3.14. The van der Waals surface area contributed by atoms with Gasteiger partial charge in [-0.2, -0.15) is 0 Å². The summed E-state index contributed by atoms with van der Waals surface area (Å²) in [6, 6.07) is 0. The largest absolute Gasteiger partial charge is 0.207 e. The van der Waals surface area contributed by atoms with Crippen LogP contribution in [0.1, 0.15) is 5.56 Å². The molecule has 0 amide bonds. The third-order valence-corrected chi connectivity index (χ3v) is 2.39. The van der Waals surface area contributed by atoms with Gasteiger partial charge in [0.05, 0.1) is 0 Å². The molecule has 0 aromatic heterocycles. The lowest BCUT2D eigenvalue weighted by Gasteiger charge is -2.16. The van der Waals surface area contributed by atoms with Crippen LogP contribution in [0.15, 0.2) is 0 Å². The highest BCUT2D eigenvalue weighted by molar-refractivity contribution is 9.08. The van der Waals surface area contributed by atoms with Crippen molar-refractivity contribution in [3.8, 4) is 0 Å². The van der Waals surface area contributed by atoms with Gasteiger partial charge >= 0.3 is 0 Å². The summed E-state index contributed by atoms with van der Waals surface area (Å²) in [6.45, 7) is 0. The van der Waals surface area contributed by atoms with Crippen molar-refractivity contribution in [1.29, 1.82) is 0 Å². The maximum Gasteiger partial charge on any atom is 0.119 e. The molecule has 1 rings (SSSR count). The minimum atomic E-state index is -0.610. The number of alkyl halides is 1. The molecule has 0 saturated heterocycles. The summed E-state index contributed by atoms with van der Waals surface area (Å²) in [5, 5.41) is 0.249. The topological polar surface area (TPSA) is 0 Å². The first-order valence-electron chi connectivity index (χ1n) is 3.46. The molecule has 56 valence electrons. The van der Waals surface area contributed by atoms with Crippen molar-refractivity contribution in [2.45, 2.75) is 5.33 Å². The smallest absolute Gasteiger partial charge is 0.119 e. The van der Waals surface area contributed by atoms with E-state index < -0.39 is 5.82 Å². The first kappa shape index (κ1) is 11.0. The number of halogens is 2. The van der Waals surface area contributed by atoms with Gasteiger partial charge in [0.15, 0.2) is 0 Å². The molecule has 0 heterocycles. The average Bonchev–Trinajstić information content (AvgIpc) is 2.13. The monoisotopic (exact) mass is 228 g/mol. The highest BCUT2D eigenvalue weighted by atomic mass is 79.9. The van der Waals surface area contributed by atoms with Gasteiger partial charge in [0.2, 0.25) is 0 Å². The van der Waals surface area contributed by atoms with Crippen LogP contribution in [0, 0.1) is 5.82 Å². The molecule has 6 heteroatoms. The van der Waals surface area contributed by atoms with E-state index >= 15 is 0 Å². The second kappa shape index (κ2) is 3.95. The molecular weight excluding hydrogens is 226 g/mol. The van der Waals surface area contributed by atoms with E-state index in [2.05, 4.69) is 15.9 Å². The molecule has 0 unspecified atom stereocenters. The lowest BCUT2D eigenvalue weighted by Crippen LogP contribution is -2.50. The molecular formula is C7H2B4BrF. The van der Waals surface area contributed by atoms with E-state index in [0.717, 1.165) is 0 Å². The molecule has 8 radical (unpaired) electrons. The summed E-state index contributed by atoms with van der Waals surface area (Å²) in [4.78, 5) is 0. The first-order chi connectivity index (χ1) is 6.00. The fourth-order valence-electron chi connectivity index (χ4n) is 0.982. The van der Waals surface area contributed by atoms with Crippen molar-refractivity contribution in [3.63, 3.8) is 0 Å². The predicted molar refractivity (Wildman–Crippen MR) is 60.6 cm³/mol. The molecule has 0 aliphatic heterocycles. The molecule has 0 spiro atoms. The Morgan fingerprint density at radius 3 is 1.85 bits per heavy atom. The molecule has 0 fully saturated rings. The Balaban J connectivity index is 3.56. The first-order valence-corrected chi connectivity index (χ1v) is 4.59. The number of hydrogen-bond donors (Lipinski definition) is 0. The summed E-state index contributed by atoms with van der Waals surface area (Å²) >= 11 is 3.08. The molecule has 0 saturated carbocycles. The Bertz CT molecular complexity index is 324. The van der Waals surface area contributed by atoms with Gasteiger partial charge in [0.25, 0.3) is 0 Å².